The lowest BCUT2D eigenvalue weighted by Gasteiger charge is -2.48. The topological polar surface area (TPSA) is 46.2 Å². The molecule has 0 heterocycles. The van der Waals surface area contributed by atoms with Gasteiger partial charge in [0.05, 0.1) is 5.60 Å². The van der Waals surface area contributed by atoms with Gasteiger partial charge in [-0.3, -0.25) is 0 Å². The number of hydrogen-bond donors (Lipinski definition) is 2. The SMILES string of the molecule is CC(C)CC(C)(O)C1(CN)CCCCC1. The van der Waals surface area contributed by atoms with Gasteiger partial charge in [-0.1, -0.05) is 33.1 Å². The summed E-state index contributed by atoms with van der Waals surface area (Å²) in [6.45, 7) is 6.96. The fourth-order valence-corrected chi connectivity index (χ4v) is 3.20. The smallest absolute Gasteiger partial charge is 0.0690 e. The lowest BCUT2D eigenvalue weighted by atomic mass is 9.62. The third-order valence-corrected chi connectivity index (χ3v) is 4.15. The summed E-state index contributed by atoms with van der Waals surface area (Å²) in [5, 5.41) is 10.7. The number of rotatable bonds is 4. The first-order chi connectivity index (χ1) is 6.93. The summed E-state index contributed by atoms with van der Waals surface area (Å²) in [6.07, 6.45) is 6.83. The van der Waals surface area contributed by atoms with Crippen molar-refractivity contribution in [2.24, 2.45) is 17.1 Å². The van der Waals surface area contributed by atoms with Gasteiger partial charge in [0.1, 0.15) is 0 Å². The van der Waals surface area contributed by atoms with Crippen LogP contribution < -0.4 is 5.73 Å². The lowest BCUT2D eigenvalue weighted by molar-refractivity contribution is -0.0978. The molecule has 1 aliphatic carbocycles. The molecule has 1 saturated carbocycles. The summed E-state index contributed by atoms with van der Waals surface area (Å²) in [4.78, 5) is 0. The maximum atomic E-state index is 10.7. The van der Waals surface area contributed by atoms with Crippen molar-refractivity contribution >= 4 is 0 Å². The molecule has 1 atom stereocenters. The second kappa shape index (κ2) is 4.84. The third-order valence-electron chi connectivity index (χ3n) is 4.15. The fourth-order valence-electron chi connectivity index (χ4n) is 3.20. The highest BCUT2D eigenvalue weighted by Crippen LogP contribution is 2.46. The van der Waals surface area contributed by atoms with Crippen LogP contribution in [-0.2, 0) is 0 Å². The minimum absolute atomic E-state index is 0.0183. The molecule has 0 amide bonds. The highest BCUT2D eigenvalue weighted by molar-refractivity contribution is 4.98. The van der Waals surface area contributed by atoms with E-state index in [-0.39, 0.29) is 5.41 Å². The Morgan fingerprint density at radius 3 is 2.20 bits per heavy atom. The van der Waals surface area contributed by atoms with Gasteiger partial charge in [-0.2, -0.15) is 0 Å². The van der Waals surface area contributed by atoms with Crippen LogP contribution >= 0.6 is 0 Å². The van der Waals surface area contributed by atoms with Gasteiger partial charge >= 0.3 is 0 Å². The van der Waals surface area contributed by atoms with Crippen LogP contribution in [0.15, 0.2) is 0 Å². The molecule has 90 valence electrons. The van der Waals surface area contributed by atoms with Gasteiger partial charge in [0.2, 0.25) is 0 Å². The average Bonchev–Trinajstić information content (AvgIpc) is 2.16. The summed E-state index contributed by atoms with van der Waals surface area (Å²) < 4.78 is 0. The summed E-state index contributed by atoms with van der Waals surface area (Å²) in [5.41, 5.74) is 5.33. The van der Waals surface area contributed by atoms with Crippen LogP contribution in [0.25, 0.3) is 0 Å². The van der Waals surface area contributed by atoms with Crippen LogP contribution in [0.5, 0.6) is 0 Å². The zero-order valence-electron chi connectivity index (χ0n) is 10.6. The molecule has 3 N–H and O–H groups in total. The van der Waals surface area contributed by atoms with Gasteiger partial charge in [-0.25, -0.2) is 0 Å². The molecule has 0 aromatic rings. The van der Waals surface area contributed by atoms with Crippen molar-refractivity contribution in [1.29, 1.82) is 0 Å². The first-order valence-corrected chi connectivity index (χ1v) is 6.36. The maximum absolute atomic E-state index is 10.7. The van der Waals surface area contributed by atoms with E-state index in [0.29, 0.717) is 12.5 Å². The zero-order chi connectivity index (χ0) is 11.5. The van der Waals surface area contributed by atoms with E-state index in [1.165, 1.54) is 19.3 Å². The molecule has 0 bridgehead atoms. The van der Waals surface area contributed by atoms with Gasteiger partial charge in [-0.15, -0.1) is 0 Å². The Kier molecular flexibility index (Phi) is 4.19. The number of hydrogen-bond acceptors (Lipinski definition) is 2. The van der Waals surface area contributed by atoms with Gasteiger partial charge in [0.15, 0.2) is 0 Å². The summed E-state index contributed by atoms with van der Waals surface area (Å²) in [7, 11) is 0. The minimum atomic E-state index is -0.587. The first kappa shape index (κ1) is 13.0. The van der Waals surface area contributed by atoms with E-state index in [0.717, 1.165) is 19.3 Å². The Bertz CT molecular complexity index is 193. The Morgan fingerprint density at radius 2 is 1.80 bits per heavy atom. The largest absolute Gasteiger partial charge is 0.390 e. The average molecular weight is 213 g/mol. The molecular formula is C13H27NO. The van der Waals surface area contributed by atoms with Crippen molar-refractivity contribution < 1.29 is 5.11 Å². The molecular weight excluding hydrogens is 186 g/mol. The third kappa shape index (κ3) is 2.73. The maximum Gasteiger partial charge on any atom is 0.0690 e. The molecule has 1 rings (SSSR count). The van der Waals surface area contributed by atoms with E-state index in [9.17, 15) is 5.11 Å². The molecule has 15 heavy (non-hydrogen) atoms. The van der Waals surface area contributed by atoms with Crippen molar-refractivity contribution in [1.82, 2.24) is 0 Å². The Morgan fingerprint density at radius 1 is 1.27 bits per heavy atom. The second-order valence-electron chi connectivity index (χ2n) is 5.92. The minimum Gasteiger partial charge on any atom is -0.390 e. The van der Waals surface area contributed by atoms with Crippen molar-refractivity contribution in [2.75, 3.05) is 6.54 Å². The predicted octanol–water partition coefficient (Wildman–Crippen LogP) is 2.69. The number of nitrogens with two attached hydrogens (primary N) is 1. The molecule has 1 aliphatic rings. The van der Waals surface area contributed by atoms with Gasteiger partial charge in [-0.05, 0) is 32.1 Å². The zero-order valence-corrected chi connectivity index (χ0v) is 10.6. The summed E-state index contributed by atoms with van der Waals surface area (Å²) in [6, 6.07) is 0. The van der Waals surface area contributed by atoms with Crippen LogP contribution in [-0.4, -0.2) is 17.3 Å². The van der Waals surface area contributed by atoms with Crippen molar-refractivity contribution in [3.05, 3.63) is 0 Å². The summed E-state index contributed by atoms with van der Waals surface area (Å²) in [5.74, 6) is 0.533. The monoisotopic (exact) mass is 213 g/mol. The van der Waals surface area contributed by atoms with Crippen LogP contribution in [0.3, 0.4) is 0 Å². The number of aliphatic hydroxyl groups is 1. The van der Waals surface area contributed by atoms with E-state index in [2.05, 4.69) is 13.8 Å². The van der Waals surface area contributed by atoms with Gasteiger partial charge < -0.3 is 10.8 Å². The Labute approximate surface area is 94.2 Å². The first-order valence-electron chi connectivity index (χ1n) is 6.36. The molecule has 2 heteroatoms. The lowest BCUT2D eigenvalue weighted by Crippen LogP contribution is -2.52. The van der Waals surface area contributed by atoms with E-state index < -0.39 is 5.60 Å². The molecule has 0 saturated heterocycles. The molecule has 1 unspecified atom stereocenters. The predicted molar refractivity (Wildman–Crippen MR) is 64.7 cm³/mol. The molecule has 1 fully saturated rings. The Balaban J connectivity index is 2.78. The van der Waals surface area contributed by atoms with Gasteiger partial charge in [0, 0.05) is 12.0 Å². The van der Waals surface area contributed by atoms with E-state index >= 15 is 0 Å². The normalized spacial score (nSPS) is 25.2. The van der Waals surface area contributed by atoms with Crippen LogP contribution in [0.2, 0.25) is 0 Å². The van der Waals surface area contributed by atoms with Crippen molar-refractivity contribution in [3.8, 4) is 0 Å². The highest BCUT2D eigenvalue weighted by Gasteiger charge is 2.46. The van der Waals surface area contributed by atoms with E-state index in [1.807, 2.05) is 6.92 Å². The van der Waals surface area contributed by atoms with Crippen molar-refractivity contribution in [3.63, 3.8) is 0 Å². The summed E-state index contributed by atoms with van der Waals surface area (Å²) >= 11 is 0. The molecule has 0 radical (unpaired) electrons. The van der Waals surface area contributed by atoms with Crippen LogP contribution in [0.4, 0.5) is 0 Å². The molecule has 0 aliphatic heterocycles. The van der Waals surface area contributed by atoms with Gasteiger partial charge in [0.25, 0.3) is 0 Å². The van der Waals surface area contributed by atoms with Crippen LogP contribution in [0, 0.1) is 11.3 Å². The second-order valence-corrected chi connectivity index (χ2v) is 5.92. The fraction of sp³-hybridized carbons (Fsp3) is 1.00. The molecule has 2 nitrogen and oxygen atoms in total. The molecule has 0 aromatic carbocycles. The highest BCUT2D eigenvalue weighted by atomic mass is 16.3. The van der Waals surface area contributed by atoms with Crippen LogP contribution in [0.1, 0.15) is 59.3 Å². The standard InChI is InChI=1S/C13H27NO/c1-11(2)9-12(3,15)13(10-14)7-5-4-6-8-13/h11,15H,4-10,14H2,1-3H3. The van der Waals surface area contributed by atoms with Crippen molar-refractivity contribution in [2.45, 2.75) is 64.9 Å². The quantitative estimate of drug-likeness (QED) is 0.754. The molecule has 0 aromatic heterocycles. The molecule has 0 spiro atoms. The van der Waals surface area contributed by atoms with E-state index in [4.69, 9.17) is 5.73 Å². The van der Waals surface area contributed by atoms with E-state index in [1.54, 1.807) is 0 Å². The Hall–Kier alpha value is -0.0800.